The summed E-state index contributed by atoms with van der Waals surface area (Å²) >= 11 is 1.48. The van der Waals surface area contributed by atoms with Gasteiger partial charge in [0.25, 0.3) is 5.91 Å². The molecule has 0 atom stereocenters. The molecule has 0 saturated carbocycles. The van der Waals surface area contributed by atoms with E-state index in [1.807, 2.05) is 42.5 Å². The predicted molar refractivity (Wildman–Crippen MR) is 147 cm³/mol. The van der Waals surface area contributed by atoms with Crippen LogP contribution in [0.1, 0.15) is 41.3 Å². The Morgan fingerprint density at radius 2 is 1.70 bits per heavy atom. The Labute approximate surface area is 221 Å². The number of morpholine rings is 1. The summed E-state index contributed by atoms with van der Waals surface area (Å²) in [5, 5.41) is 0.613. The maximum Gasteiger partial charge on any atom is 0.260 e. The van der Waals surface area contributed by atoms with Crippen molar-refractivity contribution in [3.8, 4) is 0 Å². The molecule has 0 spiro atoms. The van der Waals surface area contributed by atoms with E-state index in [0.29, 0.717) is 49.5 Å². The number of sulfonamides is 1. The third-order valence-electron chi connectivity index (χ3n) is 6.43. The zero-order chi connectivity index (χ0) is 26.0. The van der Waals surface area contributed by atoms with Crippen molar-refractivity contribution in [1.29, 1.82) is 0 Å². The van der Waals surface area contributed by atoms with Crippen LogP contribution >= 0.6 is 11.3 Å². The van der Waals surface area contributed by atoms with Gasteiger partial charge >= 0.3 is 0 Å². The van der Waals surface area contributed by atoms with Gasteiger partial charge in [0.05, 0.1) is 34.9 Å². The number of hydrogen-bond donors (Lipinski definition) is 0. The lowest BCUT2D eigenvalue weighted by Crippen LogP contribution is -2.40. The molecule has 1 amide bonds. The number of carbonyl (C=O) groups excluding carboxylic acids is 1. The van der Waals surface area contributed by atoms with Crippen LogP contribution in [-0.2, 0) is 21.3 Å². The van der Waals surface area contributed by atoms with Gasteiger partial charge in [0.1, 0.15) is 0 Å². The number of nitrogens with zero attached hydrogens (tertiary/aromatic N) is 3. The maximum absolute atomic E-state index is 13.8. The second-order valence-corrected chi connectivity index (χ2v) is 12.2. The average Bonchev–Trinajstić information content (AvgIpc) is 3.36. The number of amides is 1. The van der Waals surface area contributed by atoms with Gasteiger partial charge < -0.3 is 4.74 Å². The quantitative estimate of drug-likeness (QED) is 0.321. The van der Waals surface area contributed by atoms with Crippen molar-refractivity contribution in [2.45, 2.75) is 31.2 Å². The van der Waals surface area contributed by atoms with Gasteiger partial charge in [-0.2, -0.15) is 4.31 Å². The van der Waals surface area contributed by atoms with Crippen LogP contribution in [0.4, 0.5) is 5.13 Å². The first-order chi connectivity index (χ1) is 17.8. The Hall–Kier alpha value is -3.11. The van der Waals surface area contributed by atoms with E-state index in [1.54, 1.807) is 17.0 Å². The first-order valence-electron chi connectivity index (χ1n) is 12.3. The summed E-state index contributed by atoms with van der Waals surface area (Å²) < 4.78 is 33.8. The summed E-state index contributed by atoms with van der Waals surface area (Å²) in [6.07, 6.45) is 0. The summed E-state index contributed by atoms with van der Waals surface area (Å²) in [6.45, 7) is 6.02. The number of hydrogen-bond acceptors (Lipinski definition) is 6. The molecule has 1 aliphatic rings. The predicted octanol–water partition coefficient (Wildman–Crippen LogP) is 5.29. The number of fused-ring (bicyclic) bond motifs is 1. The summed E-state index contributed by atoms with van der Waals surface area (Å²) in [4.78, 5) is 20.6. The standard InChI is InChI=1S/C28H29N3O4S2/c1-20(2)24-9-6-10-25-26(24)29-28(36-25)31(19-21-7-4-3-5-8-21)27(32)22-11-13-23(14-12-22)37(33,34)30-15-17-35-18-16-30/h3-14,20H,15-19H2,1-2H3. The number of aromatic nitrogens is 1. The number of anilines is 1. The van der Waals surface area contributed by atoms with E-state index in [-0.39, 0.29) is 10.8 Å². The van der Waals surface area contributed by atoms with Gasteiger partial charge in [-0.25, -0.2) is 13.4 Å². The van der Waals surface area contributed by atoms with Crippen molar-refractivity contribution >= 4 is 42.6 Å². The molecular formula is C28H29N3O4S2. The van der Waals surface area contributed by atoms with E-state index in [9.17, 15) is 13.2 Å². The fourth-order valence-corrected chi connectivity index (χ4v) is 6.80. The lowest BCUT2D eigenvalue weighted by molar-refractivity contribution is 0.0730. The Morgan fingerprint density at radius 3 is 2.38 bits per heavy atom. The average molecular weight is 536 g/mol. The molecule has 1 saturated heterocycles. The maximum atomic E-state index is 13.8. The van der Waals surface area contributed by atoms with Crippen molar-refractivity contribution in [2.75, 3.05) is 31.2 Å². The van der Waals surface area contributed by atoms with Crippen LogP contribution in [0.5, 0.6) is 0 Å². The molecule has 0 N–H and O–H groups in total. The molecule has 1 aromatic heterocycles. The summed E-state index contributed by atoms with van der Waals surface area (Å²) in [7, 11) is -3.64. The van der Waals surface area contributed by atoms with Gasteiger partial charge in [0, 0.05) is 18.7 Å². The molecule has 5 rings (SSSR count). The molecule has 2 heterocycles. The number of thiazole rings is 1. The van der Waals surface area contributed by atoms with E-state index < -0.39 is 10.0 Å². The zero-order valence-electron chi connectivity index (χ0n) is 20.8. The van der Waals surface area contributed by atoms with Gasteiger partial charge in [-0.1, -0.05) is 67.6 Å². The van der Waals surface area contributed by atoms with Crippen molar-refractivity contribution in [3.05, 3.63) is 89.5 Å². The van der Waals surface area contributed by atoms with E-state index >= 15 is 0 Å². The fraction of sp³-hybridized carbons (Fsp3) is 0.286. The van der Waals surface area contributed by atoms with Gasteiger partial charge in [-0.05, 0) is 47.4 Å². The summed E-state index contributed by atoms with van der Waals surface area (Å²) in [6, 6.07) is 22.1. The van der Waals surface area contributed by atoms with Crippen LogP contribution in [-0.4, -0.2) is 49.9 Å². The Bertz CT molecular complexity index is 1490. The van der Waals surface area contributed by atoms with Crippen LogP contribution in [0.15, 0.2) is 77.7 Å². The van der Waals surface area contributed by atoms with Crippen molar-refractivity contribution in [3.63, 3.8) is 0 Å². The molecule has 1 fully saturated rings. The van der Waals surface area contributed by atoms with Gasteiger partial charge in [0.15, 0.2) is 5.13 Å². The molecule has 9 heteroatoms. The molecule has 0 aliphatic carbocycles. The van der Waals surface area contributed by atoms with Crippen molar-refractivity contribution in [1.82, 2.24) is 9.29 Å². The summed E-state index contributed by atoms with van der Waals surface area (Å²) in [5.74, 6) is 0.0715. The molecule has 37 heavy (non-hydrogen) atoms. The third-order valence-corrected chi connectivity index (χ3v) is 9.39. The van der Waals surface area contributed by atoms with Crippen LogP contribution in [0.2, 0.25) is 0 Å². The van der Waals surface area contributed by atoms with Crippen molar-refractivity contribution < 1.29 is 17.9 Å². The number of ether oxygens (including phenoxy) is 1. The second kappa shape index (κ2) is 10.7. The molecule has 1 aliphatic heterocycles. The first-order valence-corrected chi connectivity index (χ1v) is 14.5. The topological polar surface area (TPSA) is 79.8 Å². The molecule has 0 bridgehead atoms. The lowest BCUT2D eigenvalue weighted by atomic mass is 10.0. The monoisotopic (exact) mass is 535 g/mol. The number of rotatable bonds is 7. The number of para-hydroxylation sites is 1. The number of carbonyl (C=O) groups is 1. The van der Waals surface area contributed by atoms with E-state index in [4.69, 9.17) is 9.72 Å². The molecular weight excluding hydrogens is 506 g/mol. The molecule has 0 unspecified atom stereocenters. The highest BCUT2D eigenvalue weighted by Crippen LogP contribution is 2.35. The highest BCUT2D eigenvalue weighted by molar-refractivity contribution is 7.89. The number of benzene rings is 3. The molecule has 192 valence electrons. The molecule has 0 radical (unpaired) electrons. The Morgan fingerprint density at radius 1 is 1.00 bits per heavy atom. The van der Waals surface area contributed by atoms with Gasteiger partial charge in [0.2, 0.25) is 10.0 Å². The molecule has 4 aromatic rings. The Kier molecular flexibility index (Phi) is 7.39. The molecule has 7 nitrogen and oxygen atoms in total. The first kappa shape index (κ1) is 25.5. The van der Waals surface area contributed by atoms with E-state index in [1.165, 1.54) is 27.8 Å². The second-order valence-electron chi connectivity index (χ2n) is 9.26. The third kappa shape index (κ3) is 5.31. The largest absolute Gasteiger partial charge is 0.379 e. The van der Waals surface area contributed by atoms with Crippen LogP contribution in [0.25, 0.3) is 10.2 Å². The highest BCUT2D eigenvalue weighted by Gasteiger charge is 2.27. The van der Waals surface area contributed by atoms with Gasteiger partial charge in [-0.3, -0.25) is 9.69 Å². The smallest absolute Gasteiger partial charge is 0.260 e. The SMILES string of the molecule is CC(C)c1cccc2sc(N(Cc3ccccc3)C(=O)c3ccc(S(=O)(=O)N4CCOCC4)cc3)nc12. The normalized spacial score (nSPS) is 14.8. The zero-order valence-corrected chi connectivity index (χ0v) is 22.5. The van der Waals surface area contributed by atoms with Crippen molar-refractivity contribution in [2.24, 2.45) is 0 Å². The van der Waals surface area contributed by atoms with Crippen LogP contribution in [0.3, 0.4) is 0 Å². The van der Waals surface area contributed by atoms with Gasteiger partial charge in [-0.15, -0.1) is 0 Å². The minimum absolute atomic E-state index is 0.169. The fourth-order valence-electron chi connectivity index (χ4n) is 4.39. The van der Waals surface area contributed by atoms with E-state index in [2.05, 4.69) is 19.9 Å². The molecule has 3 aromatic carbocycles. The van der Waals surface area contributed by atoms with Crippen LogP contribution < -0.4 is 4.90 Å². The summed E-state index contributed by atoms with van der Waals surface area (Å²) in [5.41, 5.74) is 3.44. The highest BCUT2D eigenvalue weighted by atomic mass is 32.2. The Balaban J connectivity index is 1.49. The minimum Gasteiger partial charge on any atom is -0.379 e. The van der Waals surface area contributed by atoms with Crippen LogP contribution in [0, 0.1) is 0 Å². The lowest BCUT2D eigenvalue weighted by Gasteiger charge is -2.26. The van der Waals surface area contributed by atoms with E-state index in [0.717, 1.165) is 21.3 Å². The minimum atomic E-state index is -3.64.